The van der Waals surface area contributed by atoms with Crippen molar-refractivity contribution in [2.24, 2.45) is 0 Å². The van der Waals surface area contributed by atoms with E-state index in [1.807, 2.05) is 60.9 Å². The van der Waals surface area contributed by atoms with Gasteiger partial charge < -0.3 is 10.6 Å². The molecule has 0 aliphatic rings. The number of anilines is 2. The number of aromatic nitrogens is 3. The van der Waals surface area contributed by atoms with Gasteiger partial charge in [-0.1, -0.05) is 47.1 Å². The lowest BCUT2D eigenvalue weighted by Gasteiger charge is -2.15. The number of Topliss-reactive ketones (excluding diaryl/α,β-unsaturated/α-hetero) is 1. The minimum absolute atomic E-state index is 0.0233. The summed E-state index contributed by atoms with van der Waals surface area (Å²) in [7, 11) is 0. The quantitative estimate of drug-likeness (QED) is 0.203. The molecule has 0 spiro atoms. The smallest absolute Gasteiger partial charge is 0.237 e. The number of hydrogen-bond acceptors (Lipinski definition) is 6. The largest absolute Gasteiger partial charge is 0.378 e. The lowest BCUT2D eigenvalue weighted by molar-refractivity contribution is -0.115. The summed E-state index contributed by atoms with van der Waals surface area (Å²) in [5, 5.41) is 15.8. The second-order valence-corrected chi connectivity index (χ2v) is 10.1. The van der Waals surface area contributed by atoms with Gasteiger partial charge in [-0.2, -0.15) is 0 Å². The molecule has 0 bridgehead atoms. The Bertz CT molecular complexity index is 1370. The van der Waals surface area contributed by atoms with Crippen LogP contribution in [0.5, 0.6) is 0 Å². The van der Waals surface area contributed by atoms with Crippen molar-refractivity contribution >= 4 is 46.4 Å². The molecule has 0 saturated carbocycles. The number of ketones is 1. The van der Waals surface area contributed by atoms with E-state index in [2.05, 4.69) is 20.8 Å². The molecule has 9 heteroatoms. The zero-order valence-electron chi connectivity index (χ0n) is 20.2. The van der Waals surface area contributed by atoms with Crippen LogP contribution in [0.25, 0.3) is 5.69 Å². The number of halogens is 1. The predicted octanol–water partition coefficient (Wildman–Crippen LogP) is 6.16. The third kappa shape index (κ3) is 6.33. The van der Waals surface area contributed by atoms with Gasteiger partial charge >= 0.3 is 0 Å². The Morgan fingerprint density at radius 3 is 2.36 bits per heavy atom. The summed E-state index contributed by atoms with van der Waals surface area (Å²) in [6, 6.07) is 22.4. The Kier molecular flexibility index (Phi) is 8.07. The van der Waals surface area contributed by atoms with Gasteiger partial charge in [0.15, 0.2) is 16.8 Å². The van der Waals surface area contributed by atoms with Crippen molar-refractivity contribution in [2.75, 3.05) is 10.6 Å². The van der Waals surface area contributed by atoms with Crippen LogP contribution in [0.3, 0.4) is 0 Å². The summed E-state index contributed by atoms with van der Waals surface area (Å²) in [4.78, 5) is 24.4. The third-order valence-electron chi connectivity index (χ3n) is 5.48. The molecule has 1 aromatic heterocycles. The summed E-state index contributed by atoms with van der Waals surface area (Å²) >= 11 is 7.57. The fourth-order valence-electron chi connectivity index (χ4n) is 3.46. The van der Waals surface area contributed by atoms with Gasteiger partial charge in [-0.05, 0) is 75.4 Å². The zero-order valence-corrected chi connectivity index (χ0v) is 21.7. The minimum Gasteiger partial charge on any atom is -0.378 e. The summed E-state index contributed by atoms with van der Waals surface area (Å²) in [5.74, 6) is 0.480. The average molecular weight is 520 g/mol. The molecule has 184 valence electrons. The molecule has 3 aromatic carbocycles. The molecule has 1 unspecified atom stereocenters. The van der Waals surface area contributed by atoms with Crippen molar-refractivity contribution in [1.82, 2.24) is 14.8 Å². The minimum atomic E-state index is -0.461. The van der Waals surface area contributed by atoms with Crippen LogP contribution < -0.4 is 10.6 Å². The van der Waals surface area contributed by atoms with Crippen LogP contribution in [0, 0.1) is 6.92 Å². The van der Waals surface area contributed by atoms with Gasteiger partial charge in [0.05, 0.1) is 17.5 Å². The summed E-state index contributed by atoms with van der Waals surface area (Å²) in [6.45, 7) is 5.80. The molecular weight excluding hydrogens is 494 g/mol. The third-order valence-corrected chi connectivity index (χ3v) is 6.76. The van der Waals surface area contributed by atoms with Crippen LogP contribution in [0.15, 0.2) is 78.0 Å². The van der Waals surface area contributed by atoms with Gasteiger partial charge in [-0.3, -0.25) is 14.2 Å². The highest BCUT2D eigenvalue weighted by Crippen LogP contribution is 2.28. The Hall–Kier alpha value is -3.62. The lowest BCUT2D eigenvalue weighted by Crippen LogP contribution is -2.23. The maximum Gasteiger partial charge on any atom is 0.237 e. The van der Waals surface area contributed by atoms with Gasteiger partial charge in [0.25, 0.3) is 0 Å². The first-order valence-electron chi connectivity index (χ1n) is 11.4. The van der Waals surface area contributed by atoms with Crippen LogP contribution in [0.4, 0.5) is 11.4 Å². The molecule has 0 saturated heterocycles. The van der Waals surface area contributed by atoms with Crippen molar-refractivity contribution in [3.63, 3.8) is 0 Å². The first-order valence-corrected chi connectivity index (χ1v) is 12.6. The van der Waals surface area contributed by atoms with Gasteiger partial charge in [0.2, 0.25) is 5.91 Å². The normalized spacial score (nSPS) is 11.7. The number of carbonyl (C=O) groups is 2. The molecule has 1 amide bonds. The van der Waals surface area contributed by atoms with E-state index >= 15 is 0 Å². The van der Waals surface area contributed by atoms with Gasteiger partial charge in [-0.15, -0.1) is 10.2 Å². The molecule has 0 aliphatic heterocycles. The van der Waals surface area contributed by atoms with E-state index in [-0.39, 0.29) is 11.7 Å². The van der Waals surface area contributed by atoms with E-state index in [1.54, 1.807) is 30.3 Å². The number of thioether (sulfide) groups is 1. The molecule has 0 aliphatic carbocycles. The van der Waals surface area contributed by atoms with Crippen molar-refractivity contribution in [3.8, 4) is 5.69 Å². The van der Waals surface area contributed by atoms with Gasteiger partial charge in [0.1, 0.15) is 0 Å². The molecule has 0 fully saturated rings. The fraction of sp³-hybridized carbons (Fsp3) is 0.185. The van der Waals surface area contributed by atoms with E-state index in [4.69, 9.17) is 11.6 Å². The lowest BCUT2D eigenvalue weighted by atomic mass is 10.1. The first-order chi connectivity index (χ1) is 17.3. The van der Waals surface area contributed by atoms with E-state index < -0.39 is 5.25 Å². The number of rotatable bonds is 9. The second kappa shape index (κ2) is 11.4. The highest BCUT2D eigenvalue weighted by Gasteiger charge is 2.21. The summed E-state index contributed by atoms with van der Waals surface area (Å²) in [6.07, 6.45) is 0. The van der Waals surface area contributed by atoms with E-state index in [1.165, 1.54) is 24.2 Å². The molecule has 36 heavy (non-hydrogen) atoms. The predicted molar refractivity (Wildman–Crippen MR) is 145 cm³/mol. The topological polar surface area (TPSA) is 88.9 Å². The van der Waals surface area contributed by atoms with Crippen molar-refractivity contribution in [3.05, 3.63) is 94.8 Å². The number of nitrogens with zero attached hydrogens (tertiary/aromatic N) is 3. The monoisotopic (exact) mass is 519 g/mol. The average Bonchev–Trinajstić information content (AvgIpc) is 3.26. The van der Waals surface area contributed by atoms with E-state index in [0.29, 0.717) is 33.8 Å². The van der Waals surface area contributed by atoms with Crippen molar-refractivity contribution in [2.45, 2.75) is 37.7 Å². The molecule has 4 aromatic rings. The van der Waals surface area contributed by atoms with Gasteiger partial charge in [-0.25, -0.2) is 0 Å². The maximum atomic E-state index is 12.9. The van der Waals surface area contributed by atoms with Crippen LogP contribution in [0.1, 0.15) is 35.6 Å². The van der Waals surface area contributed by atoms with E-state index in [9.17, 15) is 9.59 Å². The summed E-state index contributed by atoms with van der Waals surface area (Å²) < 4.78 is 1.91. The van der Waals surface area contributed by atoms with Crippen LogP contribution >= 0.6 is 23.4 Å². The molecule has 4 rings (SSSR count). The number of hydrogen-bond donors (Lipinski definition) is 2. The number of benzene rings is 3. The van der Waals surface area contributed by atoms with Crippen LogP contribution in [0.2, 0.25) is 5.02 Å². The van der Waals surface area contributed by atoms with Gasteiger partial charge in [0, 0.05) is 22.0 Å². The highest BCUT2D eigenvalue weighted by atomic mass is 35.5. The Morgan fingerprint density at radius 1 is 1.00 bits per heavy atom. The standard InChI is InChI=1S/C27H26ClN5O2S/c1-17-7-11-22(12-8-17)29-16-25-31-32-27(33(25)24-6-4-5-21(28)15-24)36-19(3)26(35)30-23-13-9-20(10-14-23)18(2)34/h4-15,19,29H,16H2,1-3H3,(H,30,35). The van der Waals surface area contributed by atoms with Crippen LogP contribution in [-0.2, 0) is 11.3 Å². The number of aryl methyl sites for hydroxylation is 1. The zero-order chi connectivity index (χ0) is 25.7. The number of nitrogens with one attached hydrogen (secondary N) is 2. The molecule has 2 N–H and O–H groups in total. The molecule has 1 heterocycles. The summed E-state index contributed by atoms with van der Waals surface area (Å²) in [5.41, 5.74) is 4.18. The SMILES string of the molecule is CC(=O)c1ccc(NC(=O)C(C)Sc2nnc(CNc3ccc(C)cc3)n2-c2cccc(Cl)c2)cc1. The van der Waals surface area contributed by atoms with Crippen LogP contribution in [-0.4, -0.2) is 31.7 Å². The maximum absolute atomic E-state index is 12.9. The van der Waals surface area contributed by atoms with Crippen molar-refractivity contribution < 1.29 is 9.59 Å². The second-order valence-electron chi connectivity index (χ2n) is 8.32. The van der Waals surface area contributed by atoms with Crippen molar-refractivity contribution in [1.29, 1.82) is 0 Å². The Morgan fingerprint density at radius 2 is 1.69 bits per heavy atom. The Labute approximate surface area is 219 Å². The number of amides is 1. The highest BCUT2D eigenvalue weighted by molar-refractivity contribution is 8.00. The number of carbonyl (C=O) groups excluding carboxylic acids is 2. The molecule has 1 atom stereocenters. The molecule has 7 nitrogen and oxygen atoms in total. The fourth-order valence-corrected chi connectivity index (χ4v) is 4.53. The van der Waals surface area contributed by atoms with E-state index in [0.717, 1.165) is 11.4 Å². The molecule has 0 radical (unpaired) electrons. The first kappa shape index (κ1) is 25.5. The Balaban J connectivity index is 1.53. The molecular formula is C27H26ClN5O2S.